The van der Waals surface area contributed by atoms with Crippen LogP contribution >= 0.6 is 15.9 Å². The minimum atomic E-state index is -1.11. The number of aromatic carboxylic acids is 1. The molecule has 5 heteroatoms. The zero-order chi connectivity index (χ0) is 18.0. The van der Waals surface area contributed by atoms with E-state index in [9.17, 15) is 14.7 Å². The molecule has 0 aliphatic carbocycles. The van der Waals surface area contributed by atoms with E-state index in [1.165, 1.54) is 0 Å². The first kappa shape index (κ1) is 17.2. The monoisotopic (exact) mass is 397 g/mol. The molecule has 0 aliphatic rings. The van der Waals surface area contributed by atoms with Gasteiger partial charge in [-0.2, -0.15) is 0 Å². The number of carboxylic acids is 1. The number of carbonyl (C=O) groups is 2. The summed E-state index contributed by atoms with van der Waals surface area (Å²) in [6.45, 7) is 1.98. The molecule has 126 valence electrons. The second kappa shape index (κ2) is 7.07. The van der Waals surface area contributed by atoms with E-state index in [-0.39, 0.29) is 11.1 Å². The summed E-state index contributed by atoms with van der Waals surface area (Å²) in [5.41, 5.74) is 1.76. The predicted octanol–water partition coefficient (Wildman–Crippen LogP) is 5.12. The van der Waals surface area contributed by atoms with Crippen molar-refractivity contribution >= 4 is 44.3 Å². The summed E-state index contributed by atoms with van der Waals surface area (Å²) in [5, 5.41) is 13.9. The Morgan fingerprint density at radius 3 is 2.28 bits per heavy atom. The quantitative estimate of drug-likeness (QED) is 0.642. The number of halogens is 1. The van der Waals surface area contributed by atoms with Gasteiger partial charge in [0.05, 0.1) is 11.1 Å². The minimum absolute atomic E-state index is 0.0300. The molecular formula is C20H16BrNO3. The molecule has 3 aromatic rings. The normalized spacial score (nSPS) is 10.6. The highest BCUT2D eigenvalue weighted by Gasteiger charge is 2.21. The second-order valence-electron chi connectivity index (χ2n) is 5.62. The molecule has 3 aromatic carbocycles. The predicted molar refractivity (Wildman–Crippen MR) is 102 cm³/mol. The first-order chi connectivity index (χ1) is 12.0. The maximum Gasteiger partial charge on any atom is 0.337 e. The van der Waals surface area contributed by atoms with E-state index in [1.54, 1.807) is 30.3 Å². The summed E-state index contributed by atoms with van der Waals surface area (Å²) in [6, 6.07) is 16.1. The van der Waals surface area contributed by atoms with Crippen molar-refractivity contribution in [2.24, 2.45) is 0 Å². The largest absolute Gasteiger partial charge is 0.478 e. The van der Waals surface area contributed by atoms with Crippen molar-refractivity contribution in [3.8, 4) is 0 Å². The lowest BCUT2D eigenvalue weighted by molar-refractivity contribution is 0.0695. The highest BCUT2D eigenvalue weighted by atomic mass is 79.9. The summed E-state index contributed by atoms with van der Waals surface area (Å²) in [6.07, 6.45) is 0.707. The second-order valence-corrected chi connectivity index (χ2v) is 6.54. The van der Waals surface area contributed by atoms with E-state index in [0.29, 0.717) is 17.5 Å². The summed E-state index contributed by atoms with van der Waals surface area (Å²) in [4.78, 5) is 24.6. The van der Waals surface area contributed by atoms with Gasteiger partial charge in [0.15, 0.2) is 0 Å². The van der Waals surface area contributed by atoms with Gasteiger partial charge in [0, 0.05) is 10.2 Å². The fraction of sp³-hybridized carbons (Fsp3) is 0.100. The number of amides is 1. The number of benzene rings is 3. The lowest BCUT2D eigenvalue weighted by atomic mass is 9.93. The van der Waals surface area contributed by atoms with Gasteiger partial charge in [-0.1, -0.05) is 47.1 Å². The van der Waals surface area contributed by atoms with E-state index < -0.39 is 11.9 Å². The van der Waals surface area contributed by atoms with Crippen molar-refractivity contribution < 1.29 is 14.7 Å². The van der Waals surface area contributed by atoms with Gasteiger partial charge in [-0.15, -0.1) is 0 Å². The third-order valence-corrected chi connectivity index (χ3v) is 4.60. The summed E-state index contributed by atoms with van der Waals surface area (Å²) >= 11 is 3.34. The molecule has 0 aliphatic heterocycles. The van der Waals surface area contributed by atoms with Crippen LogP contribution in [0.25, 0.3) is 10.8 Å². The number of hydrogen-bond acceptors (Lipinski definition) is 2. The highest BCUT2D eigenvalue weighted by Crippen LogP contribution is 2.28. The van der Waals surface area contributed by atoms with Crippen molar-refractivity contribution in [2.75, 3.05) is 5.32 Å². The van der Waals surface area contributed by atoms with E-state index >= 15 is 0 Å². The van der Waals surface area contributed by atoms with Gasteiger partial charge in [0.25, 0.3) is 5.91 Å². The number of carbonyl (C=O) groups excluding carboxylic acids is 1. The van der Waals surface area contributed by atoms with Crippen molar-refractivity contribution in [3.63, 3.8) is 0 Å². The molecular weight excluding hydrogens is 382 g/mol. The van der Waals surface area contributed by atoms with Crippen molar-refractivity contribution in [3.05, 3.63) is 75.8 Å². The van der Waals surface area contributed by atoms with E-state index in [0.717, 1.165) is 15.4 Å². The van der Waals surface area contributed by atoms with Crippen LogP contribution in [0.1, 0.15) is 33.2 Å². The lowest BCUT2D eigenvalue weighted by Gasteiger charge is -2.14. The average Bonchev–Trinajstić information content (AvgIpc) is 2.61. The van der Waals surface area contributed by atoms with Crippen LogP contribution in [0.5, 0.6) is 0 Å². The Kier molecular flexibility index (Phi) is 4.86. The fourth-order valence-electron chi connectivity index (χ4n) is 2.88. The van der Waals surface area contributed by atoms with Gasteiger partial charge in [-0.25, -0.2) is 4.79 Å². The van der Waals surface area contributed by atoms with E-state index in [1.807, 2.05) is 31.2 Å². The third kappa shape index (κ3) is 3.42. The van der Waals surface area contributed by atoms with Gasteiger partial charge in [-0.3, -0.25) is 4.79 Å². The van der Waals surface area contributed by atoms with Gasteiger partial charge < -0.3 is 10.4 Å². The Hall–Kier alpha value is -2.66. The number of aryl methyl sites for hydroxylation is 1. The van der Waals surface area contributed by atoms with E-state index in [2.05, 4.69) is 21.2 Å². The first-order valence-corrected chi connectivity index (χ1v) is 8.65. The zero-order valence-electron chi connectivity index (χ0n) is 13.5. The maximum absolute atomic E-state index is 12.7. The average molecular weight is 398 g/mol. The van der Waals surface area contributed by atoms with Crippen molar-refractivity contribution in [1.82, 2.24) is 0 Å². The molecule has 0 spiro atoms. The topological polar surface area (TPSA) is 66.4 Å². The lowest BCUT2D eigenvalue weighted by Crippen LogP contribution is -2.17. The number of nitrogens with one attached hydrogen (secondary N) is 1. The van der Waals surface area contributed by atoms with Crippen LogP contribution in [-0.4, -0.2) is 17.0 Å². The van der Waals surface area contributed by atoms with Crippen LogP contribution in [0.3, 0.4) is 0 Å². The van der Waals surface area contributed by atoms with Crippen LogP contribution in [0, 0.1) is 0 Å². The molecule has 2 N–H and O–H groups in total. The number of anilines is 1. The van der Waals surface area contributed by atoms with Crippen LogP contribution in [0.15, 0.2) is 59.1 Å². The molecule has 0 saturated heterocycles. The smallest absolute Gasteiger partial charge is 0.337 e. The molecule has 0 unspecified atom stereocenters. The maximum atomic E-state index is 12.7. The number of hydrogen-bond donors (Lipinski definition) is 2. The molecule has 0 heterocycles. The van der Waals surface area contributed by atoms with E-state index in [4.69, 9.17) is 0 Å². The number of fused-ring (bicyclic) bond motifs is 1. The highest BCUT2D eigenvalue weighted by molar-refractivity contribution is 9.10. The van der Waals surface area contributed by atoms with Gasteiger partial charge in [0.1, 0.15) is 0 Å². The van der Waals surface area contributed by atoms with Crippen LogP contribution in [0.2, 0.25) is 0 Å². The van der Waals surface area contributed by atoms with Crippen molar-refractivity contribution in [2.45, 2.75) is 13.3 Å². The number of rotatable bonds is 4. The molecule has 3 rings (SSSR count). The van der Waals surface area contributed by atoms with Crippen LogP contribution < -0.4 is 5.32 Å². The Labute approximate surface area is 153 Å². The summed E-state index contributed by atoms with van der Waals surface area (Å²) in [7, 11) is 0. The molecule has 0 saturated carbocycles. The van der Waals surface area contributed by atoms with Crippen molar-refractivity contribution in [1.29, 1.82) is 0 Å². The Bertz CT molecular complexity index is 965. The van der Waals surface area contributed by atoms with Gasteiger partial charge in [-0.05, 0) is 53.1 Å². The zero-order valence-corrected chi connectivity index (χ0v) is 15.1. The van der Waals surface area contributed by atoms with Crippen LogP contribution in [-0.2, 0) is 6.42 Å². The SMILES string of the molecule is CCc1cc(C(=O)Nc2ccc(Br)cc2)c(C(=O)O)c2ccccc12. The van der Waals surface area contributed by atoms with Gasteiger partial charge >= 0.3 is 5.97 Å². The standard InChI is InChI=1S/C20H16BrNO3/c1-2-12-11-17(19(23)22-14-9-7-13(21)8-10-14)18(20(24)25)16-6-4-3-5-15(12)16/h3-11H,2H2,1H3,(H,22,23)(H,24,25). The van der Waals surface area contributed by atoms with Gasteiger partial charge in [0.2, 0.25) is 0 Å². The molecule has 0 fully saturated rings. The van der Waals surface area contributed by atoms with Crippen LogP contribution in [0.4, 0.5) is 5.69 Å². The Balaban J connectivity index is 2.13. The molecule has 0 atom stereocenters. The summed E-state index contributed by atoms with van der Waals surface area (Å²) in [5.74, 6) is -1.54. The minimum Gasteiger partial charge on any atom is -0.478 e. The third-order valence-electron chi connectivity index (χ3n) is 4.07. The molecule has 0 aromatic heterocycles. The Morgan fingerprint density at radius 2 is 1.68 bits per heavy atom. The molecule has 4 nitrogen and oxygen atoms in total. The molecule has 0 radical (unpaired) electrons. The first-order valence-electron chi connectivity index (χ1n) is 7.86. The summed E-state index contributed by atoms with van der Waals surface area (Å²) < 4.78 is 0.899. The molecule has 1 amide bonds. The molecule has 25 heavy (non-hydrogen) atoms. The Morgan fingerprint density at radius 1 is 1.04 bits per heavy atom. The molecule has 0 bridgehead atoms. The fourth-order valence-corrected chi connectivity index (χ4v) is 3.15. The number of carboxylic acid groups (broad SMARTS) is 1.